The zero-order valence-electron chi connectivity index (χ0n) is 21.1. The van der Waals surface area contributed by atoms with Crippen LogP contribution in [0.4, 0.5) is 5.69 Å². The van der Waals surface area contributed by atoms with Crippen LogP contribution in [0.25, 0.3) is 0 Å². The Morgan fingerprint density at radius 2 is 1.66 bits per heavy atom. The predicted octanol–water partition coefficient (Wildman–Crippen LogP) is 4.38. The molecule has 0 aliphatic rings. The molecular weight excluding hydrogens is 486 g/mol. The fraction of sp³-hybridized carbons (Fsp3) is 0.462. The van der Waals surface area contributed by atoms with Gasteiger partial charge in [0.2, 0.25) is 21.8 Å². The second kappa shape index (κ2) is 12.9. The van der Waals surface area contributed by atoms with Gasteiger partial charge in [-0.3, -0.25) is 13.9 Å². The van der Waals surface area contributed by atoms with Crippen molar-refractivity contribution < 1.29 is 18.0 Å². The molecule has 9 heteroatoms. The van der Waals surface area contributed by atoms with Gasteiger partial charge < -0.3 is 10.2 Å². The first-order valence-corrected chi connectivity index (χ1v) is 14.0. The van der Waals surface area contributed by atoms with Crippen molar-refractivity contribution in [1.29, 1.82) is 0 Å². The van der Waals surface area contributed by atoms with E-state index in [0.29, 0.717) is 23.7 Å². The monoisotopic (exact) mass is 521 g/mol. The van der Waals surface area contributed by atoms with Crippen LogP contribution in [0.1, 0.15) is 44.7 Å². The van der Waals surface area contributed by atoms with Crippen molar-refractivity contribution in [3.63, 3.8) is 0 Å². The molecular formula is C26H36ClN3O4S. The van der Waals surface area contributed by atoms with E-state index in [0.717, 1.165) is 17.4 Å². The molecule has 0 aliphatic carbocycles. The van der Waals surface area contributed by atoms with Crippen LogP contribution in [0, 0.1) is 12.8 Å². The molecule has 0 saturated carbocycles. The van der Waals surface area contributed by atoms with Crippen LogP contribution in [0.2, 0.25) is 5.02 Å². The van der Waals surface area contributed by atoms with Crippen molar-refractivity contribution in [2.45, 2.75) is 53.1 Å². The first-order valence-electron chi connectivity index (χ1n) is 11.8. The summed E-state index contributed by atoms with van der Waals surface area (Å²) in [5.41, 5.74) is 2.17. The summed E-state index contributed by atoms with van der Waals surface area (Å²) < 4.78 is 26.2. The number of carbonyl (C=O) groups is 2. The minimum absolute atomic E-state index is 0.0875. The van der Waals surface area contributed by atoms with Crippen LogP contribution in [0.3, 0.4) is 0 Å². The molecule has 2 rings (SSSR count). The zero-order chi connectivity index (χ0) is 26.2. The zero-order valence-corrected chi connectivity index (χ0v) is 22.7. The highest BCUT2D eigenvalue weighted by Crippen LogP contribution is 2.23. The predicted molar refractivity (Wildman–Crippen MR) is 142 cm³/mol. The van der Waals surface area contributed by atoms with E-state index >= 15 is 0 Å². The van der Waals surface area contributed by atoms with E-state index in [-0.39, 0.29) is 37.2 Å². The number of amides is 2. The van der Waals surface area contributed by atoms with Crippen molar-refractivity contribution in [2.75, 3.05) is 23.7 Å². The van der Waals surface area contributed by atoms with Crippen LogP contribution in [0.5, 0.6) is 0 Å². The van der Waals surface area contributed by atoms with E-state index in [1.165, 1.54) is 9.21 Å². The molecule has 0 spiro atoms. The fourth-order valence-corrected chi connectivity index (χ4v) is 4.89. The molecule has 2 aromatic carbocycles. The molecule has 0 radical (unpaired) electrons. The Kier molecular flexibility index (Phi) is 10.6. The quantitative estimate of drug-likeness (QED) is 0.449. The fourth-order valence-electron chi connectivity index (χ4n) is 3.67. The minimum Gasteiger partial charge on any atom is -0.354 e. The Morgan fingerprint density at radius 3 is 2.26 bits per heavy atom. The maximum absolute atomic E-state index is 13.3. The highest BCUT2D eigenvalue weighted by Gasteiger charge is 2.27. The number of benzene rings is 2. The van der Waals surface area contributed by atoms with E-state index in [1.807, 2.05) is 51.1 Å². The lowest BCUT2D eigenvalue weighted by atomic mass is 10.1. The van der Waals surface area contributed by atoms with E-state index in [2.05, 4.69) is 5.32 Å². The van der Waals surface area contributed by atoms with Gasteiger partial charge in [-0.05, 0) is 49.4 Å². The number of halogens is 1. The van der Waals surface area contributed by atoms with Gasteiger partial charge in [-0.25, -0.2) is 8.42 Å². The van der Waals surface area contributed by atoms with Gasteiger partial charge in [-0.1, -0.05) is 61.8 Å². The molecule has 0 aromatic heterocycles. The van der Waals surface area contributed by atoms with E-state index in [9.17, 15) is 18.0 Å². The minimum atomic E-state index is -3.53. The first-order chi connectivity index (χ1) is 16.4. The normalized spacial score (nSPS) is 12.3. The number of nitrogens with one attached hydrogen (secondary N) is 1. The van der Waals surface area contributed by atoms with Gasteiger partial charge in [0.25, 0.3) is 0 Å². The number of carbonyl (C=O) groups excluding carboxylic acids is 2. The van der Waals surface area contributed by atoms with Gasteiger partial charge in [0, 0.05) is 31.1 Å². The van der Waals surface area contributed by atoms with Crippen LogP contribution < -0.4 is 9.62 Å². The average molecular weight is 522 g/mol. The maximum Gasteiger partial charge on any atom is 0.242 e. The third kappa shape index (κ3) is 8.54. The molecule has 0 heterocycles. The molecule has 35 heavy (non-hydrogen) atoms. The summed E-state index contributed by atoms with van der Waals surface area (Å²) in [4.78, 5) is 27.6. The number of hydrogen-bond donors (Lipinski definition) is 1. The van der Waals surface area contributed by atoms with Crippen molar-refractivity contribution >= 4 is 39.1 Å². The molecule has 7 nitrogen and oxygen atoms in total. The molecule has 1 N–H and O–H groups in total. The number of hydrogen-bond acceptors (Lipinski definition) is 4. The molecule has 0 saturated heterocycles. The number of aryl methyl sites for hydroxylation is 1. The van der Waals surface area contributed by atoms with Gasteiger partial charge in [0.05, 0.1) is 11.9 Å². The largest absolute Gasteiger partial charge is 0.354 e. The van der Waals surface area contributed by atoms with E-state index in [4.69, 9.17) is 11.6 Å². The summed E-state index contributed by atoms with van der Waals surface area (Å²) in [7, 11) is -3.53. The molecule has 2 aromatic rings. The SMILES string of the molecule is Cc1ccccc1N(CCCC(=O)N(Cc1ccccc1Cl)[C@@H](C)C(=O)NCC(C)C)S(C)(=O)=O. The number of sulfonamides is 1. The molecule has 0 bridgehead atoms. The molecule has 1 atom stereocenters. The van der Waals surface area contributed by atoms with Crippen LogP contribution in [0.15, 0.2) is 48.5 Å². The third-order valence-electron chi connectivity index (χ3n) is 5.69. The molecule has 0 fully saturated rings. The highest BCUT2D eigenvalue weighted by molar-refractivity contribution is 7.92. The van der Waals surface area contributed by atoms with E-state index in [1.54, 1.807) is 25.1 Å². The second-order valence-corrected chi connectivity index (χ2v) is 11.5. The van der Waals surface area contributed by atoms with Gasteiger partial charge >= 0.3 is 0 Å². The molecule has 2 amide bonds. The van der Waals surface area contributed by atoms with Crippen molar-refractivity contribution in [2.24, 2.45) is 5.92 Å². The molecule has 0 aliphatic heterocycles. The Labute approximate surface area is 214 Å². The van der Waals surface area contributed by atoms with Gasteiger partial charge in [-0.15, -0.1) is 0 Å². The third-order valence-corrected chi connectivity index (χ3v) is 7.24. The summed E-state index contributed by atoms with van der Waals surface area (Å²) in [6.07, 6.45) is 1.55. The summed E-state index contributed by atoms with van der Waals surface area (Å²) >= 11 is 6.33. The van der Waals surface area contributed by atoms with Crippen LogP contribution in [-0.2, 0) is 26.2 Å². The first kappa shape index (κ1) is 28.7. The Bertz CT molecular complexity index is 1120. The second-order valence-electron chi connectivity index (χ2n) is 9.15. The van der Waals surface area contributed by atoms with Crippen LogP contribution >= 0.6 is 11.6 Å². The van der Waals surface area contributed by atoms with Gasteiger partial charge in [0.15, 0.2) is 0 Å². The van der Waals surface area contributed by atoms with Crippen molar-refractivity contribution in [1.82, 2.24) is 10.2 Å². The lowest BCUT2D eigenvalue weighted by Crippen LogP contribution is -2.48. The van der Waals surface area contributed by atoms with Crippen LogP contribution in [-0.4, -0.2) is 50.5 Å². The number of nitrogens with zero attached hydrogens (tertiary/aromatic N) is 2. The topological polar surface area (TPSA) is 86.8 Å². The number of rotatable bonds is 12. The maximum atomic E-state index is 13.3. The summed E-state index contributed by atoms with van der Waals surface area (Å²) in [6.45, 7) is 8.39. The Hall–Kier alpha value is -2.58. The number of anilines is 1. The Morgan fingerprint density at radius 1 is 1.03 bits per heavy atom. The highest BCUT2D eigenvalue weighted by atomic mass is 35.5. The summed E-state index contributed by atoms with van der Waals surface area (Å²) in [5.74, 6) is -0.200. The van der Waals surface area contributed by atoms with E-state index < -0.39 is 16.1 Å². The molecule has 192 valence electrons. The smallest absolute Gasteiger partial charge is 0.242 e. The lowest BCUT2D eigenvalue weighted by Gasteiger charge is -2.30. The van der Waals surface area contributed by atoms with Crippen molar-refractivity contribution in [3.05, 3.63) is 64.7 Å². The molecule has 0 unspecified atom stereocenters. The average Bonchev–Trinajstić information content (AvgIpc) is 2.79. The number of para-hydroxylation sites is 1. The summed E-state index contributed by atoms with van der Waals surface area (Å²) in [6, 6.07) is 13.7. The Balaban J connectivity index is 2.18. The summed E-state index contributed by atoms with van der Waals surface area (Å²) in [5, 5.41) is 3.40. The van der Waals surface area contributed by atoms with Gasteiger partial charge in [0.1, 0.15) is 6.04 Å². The standard InChI is InChI=1S/C26H36ClN3O4S/c1-19(2)17-28-26(32)21(4)29(18-22-12-7-8-13-23(22)27)25(31)15-10-16-30(35(5,33)34)24-14-9-6-11-20(24)3/h6-9,11-14,19,21H,10,15-18H2,1-5H3,(H,28,32)/t21-/m0/s1. The lowest BCUT2D eigenvalue weighted by molar-refractivity contribution is -0.140. The van der Waals surface area contributed by atoms with Gasteiger partial charge in [-0.2, -0.15) is 0 Å². The van der Waals surface area contributed by atoms with Crippen molar-refractivity contribution in [3.8, 4) is 0 Å².